The summed E-state index contributed by atoms with van der Waals surface area (Å²) >= 11 is 0. The van der Waals surface area contributed by atoms with Gasteiger partial charge in [-0.1, -0.05) is 12.1 Å². The summed E-state index contributed by atoms with van der Waals surface area (Å²) < 4.78 is 2.03. The SMILES string of the molecule is Cc1cccc2c(=O)ccn(CCN)c12. The van der Waals surface area contributed by atoms with Crippen LogP contribution in [0.4, 0.5) is 0 Å². The monoisotopic (exact) mass is 202 g/mol. The second-order valence-corrected chi connectivity index (χ2v) is 3.63. The number of rotatable bonds is 2. The Labute approximate surface area is 88.1 Å². The van der Waals surface area contributed by atoms with Crippen molar-refractivity contribution in [1.29, 1.82) is 0 Å². The predicted molar refractivity (Wildman–Crippen MR) is 62.0 cm³/mol. The van der Waals surface area contributed by atoms with Crippen LogP contribution < -0.4 is 11.2 Å². The molecule has 15 heavy (non-hydrogen) atoms. The number of nitrogens with zero attached hydrogens (tertiary/aromatic N) is 1. The van der Waals surface area contributed by atoms with E-state index in [0.29, 0.717) is 6.54 Å². The summed E-state index contributed by atoms with van der Waals surface area (Å²) in [6.07, 6.45) is 1.81. The number of nitrogens with two attached hydrogens (primary N) is 1. The minimum Gasteiger partial charge on any atom is -0.346 e. The molecular weight excluding hydrogens is 188 g/mol. The van der Waals surface area contributed by atoms with Crippen molar-refractivity contribution in [3.8, 4) is 0 Å². The second kappa shape index (κ2) is 3.87. The van der Waals surface area contributed by atoms with Gasteiger partial charge in [-0.05, 0) is 18.6 Å². The van der Waals surface area contributed by atoms with Crippen LogP contribution in [0.5, 0.6) is 0 Å². The first-order valence-corrected chi connectivity index (χ1v) is 5.03. The van der Waals surface area contributed by atoms with Crippen molar-refractivity contribution in [2.45, 2.75) is 13.5 Å². The van der Waals surface area contributed by atoms with E-state index in [1.54, 1.807) is 6.07 Å². The Morgan fingerprint density at radius 1 is 1.33 bits per heavy atom. The molecule has 0 aliphatic rings. The summed E-state index contributed by atoms with van der Waals surface area (Å²) in [5.41, 5.74) is 7.72. The molecule has 1 heterocycles. The topological polar surface area (TPSA) is 48.0 Å². The summed E-state index contributed by atoms with van der Waals surface area (Å²) in [4.78, 5) is 11.6. The highest BCUT2D eigenvalue weighted by Gasteiger charge is 2.03. The maximum absolute atomic E-state index is 11.6. The van der Waals surface area contributed by atoms with Gasteiger partial charge in [0.25, 0.3) is 0 Å². The highest BCUT2D eigenvalue weighted by molar-refractivity contribution is 5.81. The zero-order valence-corrected chi connectivity index (χ0v) is 8.73. The van der Waals surface area contributed by atoms with Gasteiger partial charge < -0.3 is 10.3 Å². The average Bonchev–Trinajstić information content (AvgIpc) is 2.23. The maximum atomic E-state index is 11.6. The van der Waals surface area contributed by atoms with Crippen LogP contribution in [0.2, 0.25) is 0 Å². The third-order valence-corrected chi connectivity index (χ3v) is 2.57. The first kappa shape index (κ1) is 9.93. The van der Waals surface area contributed by atoms with Gasteiger partial charge in [-0.3, -0.25) is 4.79 Å². The molecule has 0 unspecified atom stereocenters. The van der Waals surface area contributed by atoms with Crippen LogP contribution in [0.1, 0.15) is 5.56 Å². The zero-order chi connectivity index (χ0) is 10.8. The van der Waals surface area contributed by atoms with Crippen LogP contribution in [0.15, 0.2) is 35.3 Å². The van der Waals surface area contributed by atoms with Crippen LogP contribution in [-0.4, -0.2) is 11.1 Å². The molecule has 0 spiro atoms. The Hall–Kier alpha value is -1.61. The standard InChI is InChI=1S/C12H14N2O/c1-9-3-2-4-10-11(15)5-7-14(8-6-13)12(9)10/h2-5,7H,6,8,13H2,1H3. The van der Waals surface area contributed by atoms with Crippen molar-refractivity contribution in [1.82, 2.24) is 4.57 Å². The number of aryl methyl sites for hydroxylation is 1. The lowest BCUT2D eigenvalue weighted by molar-refractivity contribution is 0.727. The Bertz CT molecular complexity index is 543. The zero-order valence-electron chi connectivity index (χ0n) is 8.73. The minimum absolute atomic E-state index is 0.0713. The van der Waals surface area contributed by atoms with E-state index in [1.807, 2.05) is 35.9 Å². The summed E-state index contributed by atoms with van der Waals surface area (Å²) in [6.45, 7) is 3.32. The Morgan fingerprint density at radius 2 is 2.13 bits per heavy atom. The lowest BCUT2D eigenvalue weighted by atomic mass is 10.1. The van der Waals surface area contributed by atoms with Gasteiger partial charge in [-0.2, -0.15) is 0 Å². The highest BCUT2D eigenvalue weighted by atomic mass is 16.1. The third-order valence-electron chi connectivity index (χ3n) is 2.57. The van der Waals surface area contributed by atoms with Crippen molar-refractivity contribution in [3.05, 3.63) is 46.2 Å². The van der Waals surface area contributed by atoms with Crippen LogP contribution in [0.3, 0.4) is 0 Å². The summed E-state index contributed by atoms with van der Waals surface area (Å²) in [5, 5.41) is 0.769. The molecule has 0 radical (unpaired) electrons. The molecule has 0 atom stereocenters. The number of hydrogen-bond acceptors (Lipinski definition) is 2. The molecule has 0 aliphatic heterocycles. The van der Waals surface area contributed by atoms with E-state index in [9.17, 15) is 4.79 Å². The van der Waals surface area contributed by atoms with Crippen molar-refractivity contribution >= 4 is 10.9 Å². The molecule has 78 valence electrons. The minimum atomic E-state index is 0.0713. The largest absolute Gasteiger partial charge is 0.346 e. The quantitative estimate of drug-likeness (QED) is 0.797. The molecule has 2 rings (SSSR count). The third kappa shape index (κ3) is 1.66. The molecule has 0 saturated heterocycles. The molecule has 0 saturated carbocycles. The molecule has 1 aromatic heterocycles. The Morgan fingerprint density at radius 3 is 2.87 bits per heavy atom. The van der Waals surface area contributed by atoms with Gasteiger partial charge in [-0.15, -0.1) is 0 Å². The molecule has 0 bridgehead atoms. The van der Waals surface area contributed by atoms with Crippen molar-refractivity contribution in [2.75, 3.05) is 6.54 Å². The molecule has 3 heteroatoms. The van der Waals surface area contributed by atoms with Gasteiger partial charge in [0.15, 0.2) is 5.43 Å². The number of benzene rings is 1. The lowest BCUT2D eigenvalue weighted by Crippen LogP contribution is -2.14. The molecule has 3 nitrogen and oxygen atoms in total. The van der Waals surface area contributed by atoms with E-state index in [2.05, 4.69) is 0 Å². The first-order chi connectivity index (χ1) is 7.24. The summed E-state index contributed by atoms with van der Waals surface area (Å²) in [5.74, 6) is 0. The van der Waals surface area contributed by atoms with Gasteiger partial charge in [0.05, 0.1) is 5.52 Å². The van der Waals surface area contributed by atoms with Gasteiger partial charge in [-0.25, -0.2) is 0 Å². The molecule has 0 amide bonds. The van der Waals surface area contributed by atoms with Crippen LogP contribution in [-0.2, 0) is 6.54 Å². The molecule has 0 fully saturated rings. The molecule has 2 aromatic rings. The lowest BCUT2D eigenvalue weighted by Gasteiger charge is -2.11. The molecular formula is C12H14N2O. The van der Waals surface area contributed by atoms with E-state index in [1.165, 1.54) is 0 Å². The fourth-order valence-corrected chi connectivity index (χ4v) is 1.89. The normalized spacial score (nSPS) is 10.8. The maximum Gasteiger partial charge on any atom is 0.189 e. The van der Waals surface area contributed by atoms with E-state index >= 15 is 0 Å². The van der Waals surface area contributed by atoms with E-state index in [-0.39, 0.29) is 5.43 Å². The van der Waals surface area contributed by atoms with Crippen molar-refractivity contribution in [2.24, 2.45) is 5.73 Å². The van der Waals surface area contributed by atoms with Gasteiger partial charge >= 0.3 is 0 Å². The fourth-order valence-electron chi connectivity index (χ4n) is 1.89. The number of pyridine rings is 1. The van der Waals surface area contributed by atoms with Gasteiger partial charge in [0, 0.05) is 30.7 Å². The van der Waals surface area contributed by atoms with Crippen LogP contribution in [0.25, 0.3) is 10.9 Å². The highest BCUT2D eigenvalue weighted by Crippen LogP contribution is 2.14. The van der Waals surface area contributed by atoms with Crippen LogP contribution in [0, 0.1) is 6.92 Å². The Balaban J connectivity index is 2.84. The Kier molecular flexibility index (Phi) is 2.56. The van der Waals surface area contributed by atoms with Gasteiger partial charge in [0.1, 0.15) is 0 Å². The van der Waals surface area contributed by atoms with Crippen molar-refractivity contribution < 1.29 is 0 Å². The smallest absolute Gasteiger partial charge is 0.189 e. The predicted octanol–water partition coefficient (Wildman–Crippen LogP) is 1.27. The van der Waals surface area contributed by atoms with Crippen LogP contribution >= 0.6 is 0 Å². The fraction of sp³-hybridized carbons (Fsp3) is 0.250. The number of para-hydroxylation sites is 1. The van der Waals surface area contributed by atoms with Gasteiger partial charge in [0.2, 0.25) is 0 Å². The van der Waals surface area contributed by atoms with Crippen molar-refractivity contribution in [3.63, 3.8) is 0 Å². The average molecular weight is 202 g/mol. The summed E-state index contributed by atoms with van der Waals surface area (Å²) in [7, 11) is 0. The van der Waals surface area contributed by atoms with E-state index < -0.39 is 0 Å². The number of fused-ring (bicyclic) bond motifs is 1. The molecule has 1 aromatic carbocycles. The first-order valence-electron chi connectivity index (χ1n) is 5.03. The molecule has 2 N–H and O–H groups in total. The second-order valence-electron chi connectivity index (χ2n) is 3.63. The number of hydrogen-bond donors (Lipinski definition) is 1. The summed E-state index contributed by atoms with van der Waals surface area (Å²) in [6, 6.07) is 7.37. The number of aromatic nitrogens is 1. The van der Waals surface area contributed by atoms with E-state index in [4.69, 9.17) is 5.73 Å². The molecule has 0 aliphatic carbocycles. The van der Waals surface area contributed by atoms with E-state index in [0.717, 1.165) is 23.0 Å².